The van der Waals surface area contributed by atoms with Crippen molar-refractivity contribution in [3.8, 4) is 0 Å². The summed E-state index contributed by atoms with van der Waals surface area (Å²) in [6.07, 6.45) is 2.30. The molecule has 2 aromatic carbocycles. The minimum absolute atomic E-state index is 0.425. The predicted molar refractivity (Wildman–Crippen MR) is 73.3 cm³/mol. The van der Waals surface area contributed by atoms with E-state index in [1.54, 1.807) is 0 Å². The predicted octanol–water partition coefficient (Wildman–Crippen LogP) is 3.38. The van der Waals surface area contributed by atoms with Crippen molar-refractivity contribution in [1.82, 2.24) is 9.97 Å². The highest BCUT2D eigenvalue weighted by atomic mass is 19.1. The van der Waals surface area contributed by atoms with Crippen LogP contribution in [0.1, 0.15) is 5.56 Å². The molecule has 0 atom stereocenters. The van der Waals surface area contributed by atoms with Crippen LogP contribution in [0.4, 0.5) is 10.3 Å². The molecule has 1 N–H and O–H groups in total. The van der Waals surface area contributed by atoms with Crippen LogP contribution in [0, 0.1) is 5.82 Å². The van der Waals surface area contributed by atoms with Crippen LogP contribution >= 0.6 is 0 Å². The van der Waals surface area contributed by atoms with Crippen molar-refractivity contribution in [3.05, 3.63) is 66.2 Å². The first-order valence-electron chi connectivity index (χ1n) is 6.01. The van der Waals surface area contributed by atoms with Gasteiger partial charge in [-0.2, -0.15) is 0 Å². The molecule has 1 aromatic heterocycles. The monoisotopic (exact) mass is 253 g/mol. The van der Waals surface area contributed by atoms with E-state index in [4.69, 9.17) is 0 Å². The second kappa shape index (κ2) is 5.02. The topological polar surface area (TPSA) is 37.8 Å². The summed E-state index contributed by atoms with van der Waals surface area (Å²) in [6, 6.07) is 14.3. The van der Waals surface area contributed by atoms with Crippen LogP contribution in [0.2, 0.25) is 0 Å². The van der Waals surface area contributed by atoms with Crippen molar-refractivity contribution < 1.29 is 4.39 Å². The smallest absolute Gasteiger partial charge is 0.223 e. The van der Waals surface area contributed by atoms with E-state index >= 15 is 0 Å². The fourth-order valence-corrected chi connectivity index (χ4v) is 2.02. The van der Waals surface area contributed by atoms with Crippen LogP contribution in [0.5, 0.6) is 0 Å². The van der Waals surface area contributed by atoms with E-state index in [-0.39, 0.29) is 0 Å². The molecular formula is C15H12FN3. The summed E-state index contributed by atoms with van der Waals surface area (Å²) in [5.74, 6) is -0.00922. The second-order valence-corrected chi connectivity index (χ2v) is 4.22. The molecule has 0 fully saturated rings. The Balaban J connectivity index is 1.84. The maximum absolute atomic E-state index is 12.7. The third-order valence-corrected chi connectivity index (χ3v) is 2.94. The number of benzene rings is 2. The summed E-state index contributed by atoms with van der Waals surface area (Å²) in [5, 5.41) is 5.48. The lowest BCUT2D eigenvalue weighted by atomic mass is 10.0. The standard InChI is InChI=1S/C15H12FN3/c16-13-9-18-15(19-10-13)17-8-12-6-3-5-11-4-1-2-7-14(11)12/h1-7,9-10H,8H2,(H,17,18,19). The Morgan fingerprint density at radius 2 is 1.68 bits per heavy atom. The molecule has 0 aliphatic heterocycles. The quantitative estimate of drug-likeness (QED) is 0.777. The molecule has 0 bridgehead atoms. The molecule has 94 valence electrons. The number of nitrogens with one attached hydrogen (secondary N) is 1. The van der Waals surface area contributed by atoms with Crippen molar-refractivity contribution >= 4 is 16.7 Å². The van der Waals surface area contributed by atoms with Gasteiger partial charge in [0.05, 0.1) is 12.4 Å². The van der Waals surface area contributed by atoms with Crippen molar-refractivity contribution in [3.63, 3.8) is 0 Å². The van der Waals surface area contributed by atoms with Gasteiger partial charge in [-0.3, -0.25) is 0 Å². The summed E-state index contributed by atoms with van der Waals surface area (Å²) in [6.45, 7) is 0.604. The summed E-state index contributed by atoms with van der Waals surface area (Å²) in [4.78, 5) is 7.75. The van der Waals surface area contributed by atoms with Crippen LogP contribution in [0.25, 0.3) is 10.8 Å². The first-order valence-corrected chi connectivity index (χ1v) is 6.01. The number of halogens is 1. The van der Waals surface area contributed by atoms with E-state index in [0.29, 0.717) is 12.5 Å². The van der Waals surface area contributed by atoms with Gasteiger partial charge in [0, 0.05) is 6.54 Å². The zero-order valence-electron chi connectivity index (χ0n) is 10.2. The molecule has 0 unspecified atom stereocenters. The van der Waals surface area contributed by atoms with Gasteiger partial charge in [-0.1, -0.05) is 42.5 Å². The maximum Gasteiger partial charge on any atom is 0.223 e. The Morgan fingerprint density at radius 1 is 0.947 bits per heavy atom. The Hall–Kier alpha value is -2.49. The van der Waals surface area contributed by atoms with E-state index < -0.39 is 5.82 Å². The van der Waals surface area contributed by atoms with E-state index in [9.17, 15) is 4.39 Å². The fraction of sp³-hybridized carbons (Fsp3) is 0.0667. The van der Waals surface area contributed by atoms with E-state index in [1.165, 1.54) is 10.8 Å². The number of fused-ring (bicyclic) bond motifs is 1. The highest BCUT2D eigenvalue weighted by Gasteiger charge is 2.01. The van der Waals surface area contributed by atoms with Crippen molar-refractivity contribution in [2.45, 2.75) is 6.54 Å². The Bertz CT molecular complexity index is 690. The zero-order chi connectivity index (χ0) is 13.1. The third-order valence-electron chi connectivity index (χ3n) is 2.94. The fourth-order valence-electron chi connectivity index (χ4n) is 2.02. The molecule has 0 spiro atoms. The molecule has 0 saturated heterocycles. The number of hydrogen-bond acceptors (Lipinski definition) is 3. The lowest BCUT2D eigenvalue weighted by Crippen LogP contribution is -2.03. The van der Waals surface area contributed by atoms with Crippen LogP contribution in [0.3, 0.4) is 0 Å². The van der Waals surface area contributed by atoms with Gasteiger partial charge in [0.15, 0.2) is 5.82 Å². The third kappa shape index (κ3) is 2.52. The van der Waals surface area contributed by atoms with Crippen LogP contribution in [-0.2, 0) is 6.54 Å². The normalized spacial score (nSPS) is 10.6. The Kier molecular flexibility index (Phi) is 3.06. The average molecular weight is 253 g/mol. The highest BCUT2D eigenvalue weighted by Crippen LogP contribution is 2.19. The van der Waals surface area contributed by atoms with E-state index in [0.717, 1.165) is 18.0 Å². The maximum atomic E-state index is 12.7. The minimum Gasteiger partial charge on any atom is -0.350 e. The second-order valence-electron chi connectivity index (χ2n) is 4.22. The molecule has 3 rings (SSSR count). The highest BCUT2D eigenvalue weighted by molar-refractivity contribution is 5.85. The molecule has 0 aliphatic carbocycles. The van der Waals surface area contributed by atoms with Crippen molar-refractivity contribution in [2.24, 2.45) is 0 Å². The van der Waals surface area contributed by atoms with Gasteiger partial charge in [0.2, 0.25) is 5.95 Å². The lowest BCUT2D eigenvalue weighted by molar-refractivity contribution is 0.614. The van der Waals surface area contributed by atoms with Gasteiger partial charge in [-0.05, 0) is 16.3 Å². The van der Waals surface area contributed by atoms with Gasteiger partial charge in [-0.15, -0.1) is 0 Å². The summed E-state index contributed by atoms with van der Waals surface area (Å²) >= 11 is 0. The molecule has 3 aromatic rings. The van der Waals surface area contributed by atoms with Gasteiger partial charge in [-0.25, -0.2) is 14.4 Å². The summed E-state index contributed by atoms with van der Waals surface area (Å²) < 4.78 is 12.7. The number of rotatable bonds is 3. The number of anilines is 1. The molecule has 4 heteroatoms. The van der Waals surface area contributed by atoms with Crippen LogP contribution in [0.15, 0.2) is 54.9 Å². The zero-order valence-corrected chi connectivity index (χ0v) is 10.2. The van der Waals surface area contributed by atoms with Gasteiger partial charge in [0.25, 0.3) is 0 Å². The molecule has 19 heavy (non-hydrogen) atoms. The molecular weight excluding hydrogens is 241 g/mol. The van der Waals surface area contributed by atoms with Crippen molar-refractivity contribution in [2.75, 3.05) is 5.32 Å². The lowest BCUT2D eigenvalue weighted by Gasteiger charge is -2.08. The largest absolute Gasteiger partial charge is 0.350 e. The number of aromatic nitrogens is 2. The first-order chi connectivity index (χ1) is 9.33. The van der Waals surface area contributed by atoms with E-state index in [1.807, 2.05) is 18.2 Å². The van der Waals surface area contributed by atoms with Crippen LogP contribution < -0.4 is 5.32 Å². The molecule has 1 heterocycles. The first kappa shape index (κ1) is 11.6. The molecule has 0 radical (unpaired) electrons. The molecule has 0 aliphatic rings. The number of hydrogen-bond donors (Lipinski definition) is 1. The molecule has 0 amide bonds. The SMILES string of the molecule is Fc1cnc(NCc2cccc3ccccc23)nc1. The van der Waals surface area contributed by atoms with Crippen molar-refractivity contribution in [1.29, 1.82) is 0 Å². The molecule has 0 saturated carbocycles. The van der Waals surface area contributed by atoms with Gasteiger partial charge < -0.3 is 5.32 Å². The average Bonchev–Trinajstić information content (AvgIpc) is 2.47. The number of nitrogens with zero attached hydrogens (tertiary/aromatic N) is 2. The Morgan fingerprint density at radius 3 is 2.53 bits per heavy atom. The minimum atomic E-state index is -0.435. The van der Waals surface area contributed by atoms with E-state index in [2.05, 4.69) is 39.6 Å². The van der Waals surface area contributed by atoms with Gasteiger partial charge in [0.1, 0.15) is 0 Å². The summed E-state index contributed by atoms with van der Waals surface area (Å²) in [5.41, 5.74) is 1.16. The molecule has 3 nitrogen and oxygen atoms in total. The van der Waals surface area contributed by atoms with Crippen LogP contribution in [-0.4, -0.2) is 9.97 Å². The Labute approximate surface area is 110 Å². The summed E-state index contributed by atoms with van der Waals surface area (Å²) in [7, 11) is 0. The van der Waals surface area contributed by atoms with Gasteiger partial charge >= 0.3 is 0 Å².